The molecule has 0 spiro atoms. The van der Waals surface area contributed by atoms with Gasteiger partial charge in [0.15, 0.2) is 0 Å². The summed E-state index contributed by atoms with van der Waals surface area (Å²) in [6.45, 7) is 0. The van der Waals surface area contributed by atoms with Gasteiger partial charge < -0.3 is 0 Å². The highest BCUT2D eigenvalue weighted by molar-refractivity contribution is 7.93. The summed E-state index contributed by atoms with van der Waals surface area (Å²) >= 11 is 0. The van der Waals surface area contributed by atoms with Crippen LogP contribution in [0, 0.1) is 11.3 Å². The van der Waals surface area contributed by atoms with Crippen LogP contribution in [0.25, 0.3) is 0 Å². The molecular weight excluding hydrogens is 350 g/mol. The SMILES string of the molecule is CN(C)S(=O)(=O)c1cccc(S(=O)(=O)Nc2cccc(C#N)c2)c1. The van der Waals surface area contributed by atoms with Gasteiger partial charge in [-0.2, -0.15) is 5.26 Å². The van der Waals surface area contributed by atoms with Crippen LogP contribution in [0.5, 0.6) is 0 Å². The van der Waals surface area contributed by atoms with Crippen molar-refractivity contribution >= 4 is 25.7 Å². The van der Waals surface area contributed by atoms with Gasteiger partial charge in [-0.25, -0.2) is 21.1 Å². The van der Waals surface area contributed by atoms with E-state index in [9.17, 15) is 16.8 Å². The maximum atomic E-state index is 12.4. The maximum Gasteiger partial charge on any atom is 0.261 e. The fraction of sp³-hybridized carbons (Fsp3) is 0.133. The van der Waals surface area contributed by atoms with Gasteiger partial charge in [0.05, 0.1) is 27.1 Å². The number of sulfonamides is 2. The molecule has 2 rings (SSSR count). The first-order valence-corrected chi connectivity index (χ1v) is 9.65. The van der Waals surface area contributed by atoms with Gasteiger partial charge in [-0.15, -0.1) is 0 Å². The Morgan fingerprint density at radius 3 is 2.21 bits per heavy atom. The van der Waals surface area contributed by atoms with Crippen LogP contribution in [0.15, 0.2) is 58.3 Å². The highest BCUT2D eigenvalue weighted by Gasteiger charge is 2.21. The quantitative estimate of drug-likeness (QED) is 0.866. The average Bonchev–Trinajstić information content (AvgIpc) is 2.54. The van der Waals surface area contributed by atoms with E-state index >= 15 is 0 Å². The van der Waals surface area contributed by atoms with Crippen molar-refractivity contribution in [2.45, 2.75) is 9.79 Å². The lowest BCUT2D eigenvalue weighted by Crippen LogP contribution is -2.22. The zero-order chi connectivity index (χ0) is 18.0. The van der Waals surface area contributed by atoms with Gasteiger partial charge in [-0.05, 0) is 36.4 Å². The van der Waals surface area contributed by atoms with Gasteiger partial charge in [0.1, 0.15) is 0 Å². The van der Waals surface area contributed by atoms with E-state index in [0.717, 1.165) is 10.4 Å². The molecule has 0 radical (unpaired) electrons. The maximum absolute atomic E-state index is 12.4. The summed E-state index contributed by atoms with van der Waals surface area (Å²) in [4.78, 5) is -0.311. The van der Waals surface area contributed by atoms with Crippen LogP contribution in [-0.4, -0.2) is 35.2 Å². The van der Waals surface area contributed by atoms with Crippen LogP contribution in [0.1, 0.15) is 5.56 Å². The lowest BCUT2D eigenvalue weighted by Gasteiger charge is -2.13. The fourth-order valence-electron chi connectivity index (χ4n) is 1.88. The minimum Gasteiger partial charge on any atom is -0.280 e. The van der Waals surface area contributed by atoms with Gasteiger partial charge in [0.25, 0.3) is 10.0 Å². The third-order valence-electron chi connectivity index (χ3n) is 3.14. The van der Waals surface area contributed by atoms with Gasteiger partial charge in [0, 0.05) is 14.1 Å². The molecule has 0 bridgehead atoms. The Morgan fingerprint density at radius 2 is 1.58 bits per heavy atom. The minimum atomic E-state index is -3.99. The second-order valence-corrected chi connectivity index (χ2v) is 8.89. The summed E-state index contributed by atoms with van der Waals surface area (Å²) in [5.41, 5.74) is 0.522. The fourth-order valence-corrected chi connectivity index (χ4v) is 4.00. The Bertz CT molecular complexity index is 1010. The van der Waals surface area contributed by atoms with E-state index in [4.69, 9.17) is 5.26 Å². The number of nitrogens with one attached hydrogen (secondary N) is 1. The van der Waals surface area contributed by atoms with E-state index in [2.05, 4.69) is 4.72 Å². The van der Waals surface area contributed by atoms with E-state index in [-0.39, 0.29) is 15.5 Å². The summed E-state index contributed by atoms with van der Waals surface area (Å²) < 4.78 is 52.5. The van der Waals surface area contributed by atoms with E-state index < -0.39 is 20.0 Å². The van der Waals surface area contributed by atoms with Crippen LogP contribution in [0.4, 0.5) is 5.69 Å². The van der Waals surface area contributed by atoms with Gasteiger partial charge in [-0.3, -0.25) is 4.72 Å². The molecule has 0 unspecified atom stereocenters. The Morgan fingerprint density at radius 1 is 0.958 bits per heavy atom. The predicted molar refractivity (Wildman–Crippen MR) is 89.3 cm³/mol. The second kappa shape index (κ2) is 6.60. The van der Waals surface area contributed by atoms with Crippen LogP contribution in [0.3, 0.4) is 0 Å². The molecule has 7 nitrogen and oxygen atoms in total. The highest BCUT2D eigenvalue weighted by atomic mass is 32.2. The van der Waals surface area contributed by atoms with Crippen LogP contribution in [0.2, 0.25) is 0 Å². The number of anilines is 1. The molecular formula is C15H15N3O4S2. The predicted octanol–water partition coefficient (Wildman–Crippen LogP) is 1.61. The Kier molecular flexibility index (Phi) is 4.94. The van der Waals surface area contributed by atoms with Crippen molar-refractivity contribution in [1.82, 2.24) is 4.31 Å². The molecule has 0 saturated carbocycles. The molecule has 0 aliphatic carbocycles. The van der Waals surface area contributed by atoms with Gasteiger partial charge in [0.2, 0.25) is 10.0 Å². The third kappa shape index (κ3) is 3.73. The summed E-state index contributed by atoms with van der Waals surface area (Å²) in [7, 11) is -5.01. The second-order valence-electron chi connectivity index (χ2n) is 5.06. The molecule has 9 heteroatoms. The molecule has 1 N–H and O–H groups in total. The number of benzene rings is 2. The van der Waals surface area contributed by atoms with Crippen molar-refractivity contribution in [3.8, 4) is 6.07 Å². The van der Waals surface area contributed by atoms with Crippen LogP contribution < -0.4 is 4.72 Å². The van der Waals surface area contributed by atoms with Crippen molar-refractivity contribution in [3.63, 3.8) is 0 Å². The van der Waals surface area contributed by atoms with Crippen molar-refractivity contribution in [1.29, 1.82) is 5.26 Å². The van der Waals surface area contributed by atoms with E-state index in [1.54, 1.807) is 12.1 Å². The topological polar surface area (TPSA) is 107 Å². The summed E-state index contributed by atoms with van der Waals surface area (Å²) in [5, 5.41) is 8.86. The Hall–Kier alpha value is -2.41. The molecule has 24 heavy (non-hydrogen) atoms. The van der Waals surface area contributed by atoms with Crippen molar-refractivity contribution in [2.24, 2.45) is 0 Å². The molecule has 0 aliphatic heterocycles. The first-order chi connectivity index (χ1) is 11.2. The first-order valence-electron chi connectivity index (χ1n) is 6.72. The zero-order valence-corrected chi connectivity index (χ0v) is 14.6. The standard InChI is InChI=1S/C15H15N3O4S2/c1-18(2)24(21,22)15-8-4-7-14(10-15)23(19,20)17-13-6-3-5-12(9-13)11-16/h3-10,17H,1-2H3. The largest absolute Gasteiger partial charge is 0.280 e. The molecule has 2 aromatic carbocycles. The molecule has 0 aromatic heterocycles. The summed E-state index contributed by atoms with van der Waals surface area (Å²) in [6.07, 6.45) is 0. The smallest absolute Gasteiger partial charge is 0.261 e. The first kappa shape index (κ1) is 17.9. The highest BCUT2D eigenvalue weighted by Crippen LogP contribution is 2.21. The molecule has 0 fully saturated rings. The lowest BCUT2D eigenvalue weighted by molar-refractivity contribution is 0.520. The van der Waals surface area contributed by atoms with E-state index in [0.29, 0.717) is 5.56 Å². The number of hydrogen-bond acceptors (Lipinski definition) is 5. The molecule has 0 saturated heterocycles. The van der Waals surface area contributed by atoms with Crippen LogP contribution >= 0.6 is 0 Å². The normalized spacial score (nSPS) is 11.9. The lowest BCUT2D eigenvalue weighted by atomic mass is 10.2. The van der Waals surface area contributed by atoms with Crippen LogP contribution in [-0.2, 0) is 20.0 Å². The zero-order valence-electron chi connectivity index (χ0n) is 13.0. The summed E-state index contributed by atoms with van der Waals surface area (Å²) in [6, 6.07) is 13.0. The number of nitriles is 1. The minimum absolute atomic E-state index is 0.124. The Labute approximate surface area is 141 Å². The van der Waals surface area contributed by atoms with Gasteiger partial charge >= 0.3 is 0 Å². The van der Waals surface area contributed by atoms with Gasteiger partial charge in [-0.1, -0.05) is 12.1 Å². The molecule has 0 heterocycles. The number of hydrogen-bond donors (Lipinski definition) is 1. The molecule has 0 amide bonds. The van der Waals surface area contributed by atoms with Crippen molar-refractivity contribution < 1.29 is 16.8 Å². The Balaban J connectivity index is 2.42. The molecule has 2 aromatic rings. The summed E-state index contributed by atoms with van der Waals surface area (Å²) in [5.74, 6) is 0. The van der Waals surface area contributed by atoms with Crippen molar-refractivity contribution in [2.75, 3.05) is 18.8 Å². The molecule has 126 valence electrons. The number of nitrogens with zero attached hydrogens (tertiary/aromatic N) is 2. The monoisotopic (exact) mass is 365 g/mol. The van der Waals surface area contributed by atoms with Crippen molar-refractivity contribution in [3.05, 3.63) is 54.1 Å². The average molecular weight is 365 g/mol. The third-order valence-corrected chi connectivity index (χ3v) is 6.33. The van der Waals surface area contributed by atoms with E-state index in [1.807, 2.05) is 6.07 Å². The number of rotatable bonds is 5. The molecule has 0 aliphatic rings. The van der Waals surface area contributed by atoms with E-state index in [1.165, 1.54) is 44.4 Å². The molecule has 0 atom stereocenters.